The Morgan fingerprint density at radius 3 is 2.71 bits per heavy atom. The average Bonchev–Trinajstić information content (AvgIpc) is 2.09. The van der Waals surface area contributed by atoms with Crippen LogP contribution in [0.4, 0.5) is 0 Å². The molecule has 0 aliphatic carbocycles. The molecule has 0 amide bonds. The Morgan fingerprint density at radius 1 is 1.57 bits per heavy atom. The van der Waals surface area contributed by atoms with Gasteiger partial charge in [0.2, 0.25) is 0 Å². The van der Waals surface area contributed by atoms with Gasteiger partial charge in [-0.25, -0.2) is 9.89 Å². The van der Waals surface area contributed by atoms with Gasteiger partial charge in [0.05, 0.1) is 5.97 Å². The van der Waals surface area contributed by atoms with Crippen LogP contribution in [-0.4, -0.2) is 26.4 Å². The molecule has 0 saturated carbocycles. The first-order valence-corrected chi connectivity index (χ1v) is 4.45. The molecule has 7 nitrogen and oxygen atoms in total. The maximum atomic E-state index is 11.0. The van der Waals surface area contributed by atoms with E-state index in [4.69, 9.17) is 0 Å². The summed E-state index contributed by atoms with van der Waals surface area (Å²) in [5, 5.41) is 14.7. The maximum Gasteiger partial charge on any atom is 0.342 e. The van der Waals surface area contributed by atoms with Crippen LogP contribution in [0.2, 0.25) is 0 Å². The lowest BCUT2D eigenvalue weighted by molar-refractivity contribution is -0.304. The van der Waals surface area contributed by atoms with E-state index >= 15 is 0 Å². The molecule has 1 aromatic heterocycles. The van der Waals surface area contributed by atoms with E-state index in [-0.39, 0.29) is 5.03 Å². The molecule has 0 aliphatic rings. The molecule has 0 radical (unpaired) electrons. The molecule has 1 heterocycles. The molecule has 14 heavy (non-hydrogen) atoms. The Labute approximate surface area is 81.6 Å². The number of nitrogens with zero attached hydrogens (tertiary/aromatic N) is 1. The number of carbonyl (C=O) groups excluding carboxylic acids is 1. The van der Waals surface area contributed by atoms with Gasteiger partial charge >= 0.3 is 5.69 Å². The number of rotatable bonds is 3. The van der Waals surface area contributed by atoms with Crippen LogP contribution in [0, 0.1) is 0 Å². The van der Waals surface area contributed by atoms with Gasteiger partial charge in [-0.05, 0) is 6.92 Å². The van der Waals surface area contributed by atoms with Gasteiger partial charge < -0.3 is 9.90 Å². The number of carbonyl (C=O) groups is 1. The number of aliphatic carboxylic acids is 1. The summed E-state index contributed by atoms with van der Waals surface area (Å²) < 4.78 is 0. The molecule has 1 aromatic rings. The molecule has 0 bridgehead atoms. The van der Waals surface area contributed by atoms with Crippen LogP contribution in [0.5, 0.6) is 0 Å². The molecule has 76 valence electrons. The van der Waals surface area contributed by atoms with Gasteiger partial charge in [0.25, 0.3) is 5.56 Å². The van der Waals surface area contributed by atoms with Crippen molar-refractivity contribution in [3.8, 4) is 0 Å². The summed E-state index contributed by atoms with van der Waals surface area (Å²) in [5.41, 5.74) is -1.45. The molecule has 0 spiro atoms. The SMILES string of the molecule is C[C@@H](Sc1n[nH]c(=O)[nH]c1=O)C(=O)[O-]. The van der Waals surface area contributed by atoms with Crippen molar-refractivity contribution in [3.05, 3.63) is 20.8 Å². The van der Waals surface area contributed by atoms with Gasteiger partial charge in [0.15, 0.2) is 5.03 Å². The second-order valence-corrected chi connectivity index (χ2v) is 3.72. The van der Waals surface area contributed by atoms with Crippen molar-refractivity contribution < 1.29 is 9.90 Å². The second-order valence-electron chi connectivity index (χ2n) is 2.39. The van der Waals surface area contributed by atoms with Crippen molar-refractivity contribution >= 4 is 17.7 Å². The molecule has 1 rings (SSSR count). The van der Waals surface area contributed by atoms with Crippen LogP contribution in [0.25, 0.3) is 0 Å². The predicted molar refractivity (Wildman–Crippen MR) is 45.8 cm³/mol. The minimum absolute atomic E-state index is 0.110. The summed E-state index contributed by atoms with van der Waals surface area (Å²) in [6.07, 6.45) is 0. The minimum Gasteiger partial charge on any atom is -0.549 e. The lowest BCUT2D eigenvalue weighted by atomic mass is 10.5. The van der Waals surface area contributed by atoms with Crippen LogP contribution in [0.1, 0.15) is 6.92 Å². The molecular formula is C6H6N3O4S-. The number of nitrogens with one attached hydrogen (secondary N) is 2. The summed E-state index contributed by atoms with van der Waals surface area (Å²) in [5.74, 6) is -1.30. The lowest BCUT2D eigenvalue weighted by Gasteiger charge is -2.09. The zero-order valence-corrected chi connectivity index (χ0v) is 7.88. The predicted octanol–water partition coefficient (Wildman–Crippen LogP) is -2.31. The Bertz CT molecular complexity index is 451. The monoisotopic (exact) mass is 216 g/mol. The van der Waals surface area contributed by atoms with Gasteiger partial charge in [0.1, 0.15) is 0 Å². The van der Waals surface area contributed by atoms with Crippen molar-refractivity contribution in [1.82, 2.24) is 15.2 Å². The van der Waals surface area contributed by atoms with Crippen molar-refractivity contribution in [2.24, 2.45) is 0 Å². The van der Waals surface area contributed by atoms with Crippen molar-refractivity contribution in [1.29, 1.82) is 0 Å². The Kier molecular flexibility index (Phi) is 3.07. The zero-order chi connectivity index (χ0) is 10.7. The summed E-state index contributed by atoms with van der Waals surface area (Å²) in [6, 6.07) is 0. The van der Waals surface area contributed by atoms with Gasteiger partial charge in [-0.2, -0.15) is 5.10 Å². The molecule has 0 saturated heterocycles. The van der Waals surface area contributed by atoms with E-state index in [0.29, 0.717) is 11.8 Å². The first-order chi connectivity index (χ1) is 6.50. The third kappa shape index (κ3) is 2.46. The molecular weight excluding hydrogens is 210 g/mol. The Hall–Kier alpha value is -1.57. The highest BCUT2D eigenvalue weighted by Crippen LogP contribution is 2.15. The highest BCUT2D eigenvalue weighted by atomic mass is 32.2. The largest absolute Gasteiger partial charge is 0.549 e. The van der Waals surface area contributed by atoms with E-state index in [0.717, 1.165) is 0 Å². The van der Waals surface area contributed by atoms with Gasteiger partial charge in [-0.3, -0.25) is 9.78 Å². The summed E-state index contributed by atoms with van der Waals surface area (Å²) in [6.45, 7) is 1.35. The maximum absolute atomic E-state index is 11.0. The molecule has 1 atom stereocenters. The second kappa shape index (κ2) is 4.09. The van der Waals surface area contributed by atoms with Gasteiger partial charge in [-0.1, -0.05) is 11.8 Å². The van der Waals surface area contributed by atoms with Crippen LogP contribution in [0.15, 0.2) is 14.6 Å². The van der Waals surface area contributed by atoms with Crippen molar-refractivity contribution in [2.45, 2.75) is 17.2 Å². The number of thioether (sulfide) groups is 1. The van der Waals surface area contributed by atoms with E-state index in [9.17, 15) is 19.5 Å². The smallest absolute Gasteiger partial charge is 0.342 e. The molecule has 0 aliphatic heterocycles. The van der Waals surface area contributed by atoms with E-state index in [1.807, 2.05) is 10.1 Å². The molecule has 8 heteroatoms. The molecule has 2 N–H and O–H groups in total. The van der Waals surface area contributed by atoms with E-state index in [2.05, 4.69) is 5.10 Å². The average molecular weight is 216 g/mol. The number of carboxylic acid groups (broad SMARTS) is 1. The van der Waals surface area contributed by atoms with Crippen LogP contribution >= 0.6 is 11.8 Å². The fourth-order valence-electron chi connectivity index (χ4n) is 0.632. The number of aromatic amines is 2. The zero-order valence-electron chi connectivity index (χ0n) is 7.07. The fraction of sp³-hybridized carbons (Fsp3) is 0.333. The molecule has 0 unspecified atom stereocenters. The van der Waals surface area contributed by atoms with Crippen molar-refractivity contribution in [2.75, 3.05) is 0 Å². The summed E-state index contributed by atoms with van der Waals surface area (Å²) in [4.78, 5) is 33.8. The summed E-state index contributed by atoms with van der Waals surface area (Å²) in [7, 11) is 0. The normalized spacial score (nSPS) is 12.4. The van der Waals surface area contributed by atoms with E-state index < -0.39 is 22.5 Å². The van der Waals surface area contributed by atoms with Gasteiger partial charge in [-0.15, -0.1) is 0 Å². The lowest BCUT2D eigenvalue weighted by Crippen LogP contribution is -2.33. The molecule has 0 fully saturated rings. The van der Waals surface area contributed by atoms with Crippen molar-refractivity contribution in [3.63, 3.8) is 0 Å². The summed E-state index contributed by atoms with van der Waals surface area (Å²) >= 11 is 0.700. The molecule has 0 aromatic carbocycles. The topological polar surface area (TPSA) is 119 Å². The van der Waals surface area contributed by atoms with Gasteiger partial charge in [0, 0.05) is 5.25 Å². The van der Waals surface area contributed by atoms with Crippen LogP contribution < -0.4 is 16.4 Å². The Balaban J connectivity index is 2.93. The number of hydrogen-bond acceptors (Lipinski definition) is 6. The van der Waals surface area contributed by atoms with E-state index in [1.165, 1.54) is 6.92 Å². The first kappa shape index (κ1) is 10.5. The standard InChI is InChI=1S/C6H7N3O4S/c1-2(5(11)12)14-4-3(10)7-6(13)9-8-4/h2H,1H3,(H,11,12)(H2,7,9,10,13)/p-1/t2-/m1/s1. The first-order valence-electron chi connectivity index (χ1n) is 3.57. The van der Waals surface area contributed by atoms with Crippen LogP contribution in [-0.2, 0) is 4.79 Å². The highest BCUT2D eigenvalue weighted by molar-refractivity contribution is 8.00. The number of hydrogen-bond donors (Lipinski definition) is 2. The Morgan fingerprint density at radius 2 is 2.21 bits per heavy atom. The van der Waals surface area contributed by atoms with E-state index in [1.54, 1.807) is 0 Å². The highest BCUT2D eigenvalue weighted by Gasteiger charge is 2.09. The quantitative estimate of drug-likeness (QED) is 0.548. The third-order valence-electron chi connectivity index (χ3n) is 1.30. The number of carboxylic acids is 1. The van der Waals surface area contributed by atoms with Crippen LogP contribution in [0.3, 0.4) is 0 Å². The minimum atomic E-state index is -1.30. The number of H-pyrrole nitrogens is 2. The third-order valence-corrected chi connectivity index (χ3v) is 2.35. The number of aromatic nitrogens is 3. The fourth-order valence-corrected chi connectivity index (χ4v) is 1.32.